The average Bonchev–Trinajstić information content (AvgIpc) is 2.30. The number of benzene rings is 2. The lowest BCUT2D eigenvalue weighted by atomic mass is 10.1. The van der Waals surface area contributed by atoms with Gasteiger partial charge in [0.05, 0.1) is 14.1 Å². The summed E-state index contributed by atoms with van der Waals surface area (Å²) in [5.74, 6) is 0. The van der Waals surface area contributed by atoms with E-state index in [1.807, 2.05) is 0 Å². The van der Waals surface area contributed by atoms with Gasteiger partial charge in [-0.05, 0) is 18.6 Å². The van der Waals surface area contributed by atoms with Crippen LogP contribution in [0.5, 0.6) is 0 Å². The molecule has 0 fully saturated rings. The number of quaternary nitrogens is 1. The summed E-state index contributed by atoms with van der Waals surface area (Å²) in [6, 6.07) is 19.4. The molecule has 0 amide bonds. The van der Waals surface area contributed by atoms with Crippen LogP contribution >= 0.6 is 0 Å². The minimum atomic E-state index is 0.881. The molecular formula is C16H20N+. The Morgan fingerprint density at radius 1 is 0.882 bits per heavy atom. The molecule has 0 saturated heterocycles. The Morgan fingerprint density at radius 3 is 2.24 bits per heavy atom. The van der Waals surface area contributed by atoms with Crippen molar-refractivity contribution in [1.82, 2.24) is 4.48 Å². The molecule has 0 bridgehead atoms. The molecule has 17 heavy (non-hydrogen) atoms. The van der Waals surface area contributed by atoms with E-state index in [2.05, 4.69) is 75.6 Å². The normalized spacial score (nSPS) is 11.5. The second-order valence-corrected chi connectivity index (χ2v) is 5.17. The van der Waals surface area contributed by atoms with Gasteiger partial charge in [0.15, 0.2) is 0 Å². The Kier molecular flexibility index (Phi) is 3.30. The molecule has 2 rings (SSSR count). The van der Waals surface area contributed by atoms with E-state index in [0.29, 0.717) is 0 Å². The van der Waals surface area contributed by atoms with E-state index in [1.54, 1.807) is 0 Å². The lowest BCUT2D eigenvalue weighted by Crippen LogP contribution is -2.39. The van der Waals surface area contributed by atoms with E-state index in [9.17, 15) is 0 Å². The highest BCUT2D eigenvalue weighted by Gasteiger charge is 2.19. The van der Waals surface area contributed by atoms with Crippen LogP contribution < -0.4 is 4.48 Å². The molecule has 0 N–H and O–H groups in total. The zero-order valence-electron chi connectivity index (χ0n) is 10.9. The largest absolute Gasteiger partial charge is 0.292 e. The summed E-state index contributed by atoms with van der Waals surface area (Å²) in [6.45, 7) is 3.16. The highest BCUT2D eigenvalue weighted by Crippen LogP contribution is 2.22. The highest BCUT2D eigenvalue weighted by molar-refractivity contribution is 5.44. The maximum atomic E-state index is 2.27. The standard InChI is InChI=1S/C16H20N/c1-14-8-7-11-16(12-14)17(2,3)13-15-9-5-4-6-10-15/h4-12H,13H2,1-3H3/q+1. The second kappa shape index (κ2) is 4.72. The Balaban J connectivity index is 2.25. The third-order valence-corrected chi connectivity index (χ3v) is 3.12. The van der Waals surface area contributed by atoms with Crippen LogP contribution in [0.15, 0.2) is 54.6 Å². The third kappa shape index (κ3) is 2.95. The number of hydrogen-bond donors (Lipinski definition) is 0. The van der Waals surface area contributed by atoms with Gasteiger partial charge in [0, 0.05) is 11.6 Å². The molecule has 1 heteroatoms. The first-order valence-corrected chi connectivity index (χ1v) is 6.02. The van der Waals surface area contributed by atoms with Crippen LogP contribution in [-0.2, 0) is 6.54 Å². The molecule has 0 aliphatic heterocycles. The number of aryl methyl sites for hydroxylation is 1. The van der Waals surface area contributed by atoms with Gasteiger partial charge in [0.25, 0.3) is 0 Å². The first-order valence-electron chi connectivity index (χ1n) is 6.02. The molecule has 0 aliphatic rings. The van der Waals surface area contributed by atoms with Crippen LogP contribution in [0, 0.1) is 6.92 Å². The van der Waals surface area contributed by atoms with Crippen molar-refractivity contribution in [2.75, 3.05) is 14.1 Å². The minimum absolute atomic E-state index is 0.881. The van der Waals surface area contributed by atoms with E-state index < -0.39 is 0 Å². The summed E-state index contributed by atoms with van der Waals surface area (Å²) < 4.78 is 0.881. The maximum Gasteiger partial charge on any atom is 0.132 e. The SMILES string of the molecule is Cc1cccc([N+](C)(C)Cc2ccccc2)c1. The first-order chi connectivity index (χ1) is 8.08. The number of rotatable bonds is 3. The van der Waals surface area contributed by atoms with Crippen LogP contribution in [0.2, 0.25) is 0 Å². The van der Waals surface area contributed by atoms with Gasteiger partial charge in [-0.25, -0.2) is 0 Å². The third-order valence-electron chi connectivity index (χ3n) is 3.12. The summed E-state index contributed by atoms with van der Waals surface area (Å²) in [5, 5.41) is 0. The smallest absolute Gasteiger partial charge is 0.132 e. The van der Waals surface area contributed by atoms with Gasteiger partial charge in [0.1, 0.15) is 12.2 Å². The molecule has 2 aromatic carbocycles. The molecule has 0 aliphatic carbocycles. The quantitative estimate of drug-likeness (QED) is 0.699. The molecule has 88 valence electrons. The van der Waals surface area contributed by atoms with Crippen molar-refractivity contribution in [3.63, 3.8) is 0 Å². The molecule has 0 heterocycles. The lowest BCUT2D eigenvalue weighted by molar-refractivity contribution is 0.392. The maximum absolute atomic E-state index is 2.27. The van der Waals surface area contributed by atoms with Crippen molar-refractivity contribution in [3.8, 4) is 0 Å². The van der Waals surface area contributed by atoms with Crippen molar-refractivity contribution < 1.29 is 0 Å². The zero-order valence-corrected chi connectivity index (χ0v) is 10.9. The van der Waals surface area contributed by atoms with Crippen LogP contribution in [0.25, 0.3) is 0 Å². The van der Waals surface area contributed by atoms with Crippen LogP contribution in [0.4, 0.5) is 5.69 Å². The second-order valence-electron chi connectivity index (χ2n) is 5.17. The van der Waals surface area contributed by atoms with Crippen molar-refractivity contribution in [2.24, 2.45) is 0 Å². The van der Waals surface area contributed by atoms with Crippen LogP contribution in [0.1, 0.15) is 11.1 Å². The topological polar surface area (TPSA) is 0 Å². The van der Waals surface area contributed by atoms with E-state index in [0.717, 1.165) is 11.0 Å². The van der Waals surface area contributed by atoms with Crippen molar-refractivity contribution in [2.45, 2.75) is 13.5 Å². The summed E-state index contributed by atoms with van der Waals surface area (Å²) in [7, 11) is 4.50. The molecule has 1 nitrogen and oxygen atoms in total. The molecule has 0 spiro atoms. The molecule has 0 unspecified atom stereocenters. The van der Waals surface area contributed by atoms with Gasteiger partial charge < -0.3 is 0 Å². The van der Waals surface area contributed by atoms with Gasteiger partial charge in [-0.2, -0.15) is 0 Å². The highest BCUT2D eigenvalue weighted by atomic mass is 15.3. The predicted molar refractivity (Wildman–Crippen MR) is 75.0 cm³/mol. The molecule has 0 atom stereocenters. The lowest BCUT2D eigenvalue weighted by Gasteiger charge is -2.29. The van der Waals surface area contributed by atoms with E-state index in [4.69, 9.17) is 0 Å². The van der Waals surface area contributed by atoms with E-state index in [-0.39, 0.29) is 0 Å². The summed E-state index contributed by atoms with van der Waals surface area (Å²) >= 11 is 0. The minimum Gasteiger partial charge on any atom is -0.292 e. The Labute approximate surface area is 104 Å². The molecular weight excluding hydrogens is 206 g/mol. The van der Waals surface area contributed by atoms with Crippen molar-refractivity contribution in [3.05, 3.63) is 65.7 Å². The summed E-state index contributed by atoms with van der Waals surface area (Å²) in [4.78, 5) is 0. The molecule has 0 aromatic heterocycles. The van der Waals surface area contributed by atoms with E-state index >= 15 is 0 Å². The molecule has 0 radical (unpaired) electrons. The van der Waals surface area contributed by atoms with Gasteiger partial charge in [-0.15, -0.1) is 0 Å². The van der Waals surface area contributed by atoms with Crippen LogP contribution in [0.3, 0.4) is 0 Å². The predicted octanol–water partition coefficient (Wildman–Crippen LogP) is 3.76. The fraction of sp³-hybridized carbons (Fsp3) is 0.250. The zero-order chi connectivity index (χ0) is 12.3. The number of nitrogens with zero attached hydrogens (tertiary/aromatic N) is 1. The van der Waals surface area contributed by atoms with E-state index in [1.165, 1.54) is 16.8 Å². The van der Waals surface area contributed by atoms with Gasteiger partial charge >= 0.3 is 0 Å². The summed E-state index contributed by atoms with van der Waals surface area (Å²) in [6.07, 6.45) is 0. The molecule has 2 aromatic rings. The first kappa shape index (κ1) is 11.9. The fourth-order valence-corrected chi connectivity index (χ4v) is 2.14. The summed E-state index contributed by atoms with van der Waals surface area (Å²) in [5.41, 5.74) is 4.05. The van der Waals surface area contributed by atoms with Gasteiger partial charge in [0.2, 0.25) is 0 Å². The monoisotopic (exact) mass is 226 g/mol. The van der Waals surface area contributed by atoms with Crippen LogP contribution in [-0.4, -0.2) is 14.1 Å². The fourth-order valence-electron chi connectivity index (χ4n) is 2.14. The van der Waals surface area contributed by atoms with Crippen molar-refractivity contribution in [1.29, 1.82) is 0 Å². The Bertz CT molecular complexity index is 486. The molecule has 0 saturated carbocycles. The van der Waals surface area contributed by atoms with Gasteiger partial charge in [-0.3, -0.25) is 4.48 Å². The van der Waals surface area contributed by atoms with Crippen molar-refractivity contribution >= 4 is 5.69 Å². The van der Waals surface area contributed by atoms with Gasteiger partial charge in [-0.1, -0.05) is 42.5 Å². The Hall–Kier alpha value is -1.60. The Morgan fingerprint density at radius 2 is 1.59 bits per heavy atom. The number of hydrogen-bond acceptors (Lipinski definition) is 0. The average molecular weight is 226 g/mol.